The minimum Gasteiger partial charge on any atom is -0.314 e. The summed E-state index contributed by atoms with van der Waals surface area (Å²) < 4.78 is 1.82. The van der Waals surface area contributed by atoms with Gasteiger partial charge in [0.15, 0.2) is 0 Å². The number of nitrogens with zero attached hydrogens (tertiary/aromatic N) is 1. The average Bonchev–Trinajstić information content (AvgIpc) is 2.47. The summed E-state index contributed by atoms with van der Waals surface area (Å²) in [4.78, 5) is 11.1. The third-order valence-corrected chi connectivity index (χ3v) is 2.87. The summed E-state index contributed by atoms with van der Waals surface area (Å²) in [5, 5.41) is 6.21. The van der Waals surface area contributed by atoms with E-state index in [9.17, 15) is 4.79 Å². The number of rotatable bonds is 2. The van der Waals surface area contributed by atoms with Crippen molar-refractivity contribution in [1.82, 2.24) is 15.1 Å². The second-order valence-electron chi connectivity index (χ2n) is 4.02. The first-order chi connectivity index (χ1) is 6.75. The standard InChI is InChI=1S/C10H17N3O/c1-13-9(7-10(14)12-13)6-8-4-2-3-5-11-8/h7-8,11H,2-6H2,1H3,(H,12,14). The number of piperidine rings is 1. The number of nitrogens with one attached hydrogen (secondary N) is 2. The van der Waals surface area contributed by atoms with Gasteiger partial charge in [0.25, 0.3) is 5.56 Å². The first kappa shape index (κ1) is 9.52. The van der Waals surface area contributed by atoms with Crippen molar-refractivity contribution >= 4 is 0 Å². The Bertz CT molecular complexity index is 346. The van der Waals surface area contributed by atoms with E-state index in [-0.39, 0.29) is 5.56 Å². The van der Waals surface area contributed by atoms with E-state index < -0.39 is 0 Å². The molecule has 14 heavy (non-hydrogen) atoms. The molecule has 1 saturated heterocycles. The molecule has 1 aliphatic rings. The van der Waals surface area contributed by atoms with Gasteiger partial charge >= 0.3 is 0 Å². The Labute approximate surface area is 83.3 Å². The summed E-state index contributed by atoms with van der Waals surface area (Å²) in [5.41, 5.74) is 1.09. The monoisotopic (exact) mass is 195 g/mol. The van der Waals surface area contributed by atoms with Crippen LogP contribution in [0.1, 0.15) is 25.0 Å². The maximum Gasteiger partial charge on any atom is 0.264 e. The van der Waals surface area contributed by atoms with Crippen LogP contribution in [0.4, 0.5) is 0 Å². The third kappa shape index (κ3) is 2.07. The summed E-state index contributed by atoms with van der Waals surface area (Å²) in [7, 11) is 1.89. The lowest BCUT2D eigenvalue weighted by Crippen LogP contribution is -2.36. The number of H-pyrrole nitrogens is 1. The van der Waals surface area contributed by atoms with Gasteiger partial charge in [-0.25, -0.2) is 0 Å². The zero-order valence-electron chi connectivity index (χ0n) is 8.55. The molecule has 1 aromatic rings. The van der Waals surface area contributed by atoms with E-state index in [2.05, 4.69) is 10.4 Å². The fourth-order valence-corrected chi connectivity index (χ4v) is 2.06. The molecule has 1 fully saturated rings. The average molecular weight is 195 g/mol. The predicted molar refractivity (Wildman–Crippen MR) is 55.4 cm³/mol. The Kier molecular flexibility index (Phi) is 2.72. The number of hydrogen-bond donors (Lipinski definition) is 2. The molecule has 1 aliphatic heterocycles. The highest BCUT2D eigenvalue weighted by Crippen LogP contribution is 2.11. The van der Waals surface area contributed by atoms with Crippen molar-refractivity contribution in [3.63, 3.8) is 0 Å². The van der Waals surface area contributed by atoms with Crippen LogP contribution in [-0.4, -0.2) is 22.4 Å². The van der Waals surface area contributed by atoms with Crippen LogP contribution in [0.5, 0.6) is 0 Å². The second-order valence-corrected chi connectivity index (χ2v) is 4.02. The smallest absolute Gasteiger partial charge is 0.264 e. The lowest BCUT2D eigenvalue weighted by atomic mass is 10.0. The molecule has 1 atom stereocenters. The molecule has 4 nitrogen and oxygen atoms in total. The summed E-state index contributed by atoms with van der Waals surface area (Å²) >= 11 is 0. The van der Waals surface area contributed by atoms with Gasteiger partial charge in [0, 0.05) is 31.3 Å². The van der Waals surface area contributed by atoms with Gasteiger partial charge in [0.2, 0.25) is 0 Å². The SMILES string of the molecule is Cn1[nH]c(=O)cc1CC1CCCCN1. The number of aromatic nitrogens is 2. The van der Waals surface area contributed by atoms with Crippen molar-refractivity contribution in [1.29, 1.82) is 0 Å². The zero-order valence-corrected chi connectivity index (χ0v) is 8.55. The van der Waals surface area contributed by atoms with Crippen LogP contribution in [-0.2, 0) is 13.5 Å². The summed E-state index contributed by atoms with van der Waals surface area (Å²) in [6, 6.07) is 2.24. The van der Waals surface area contributed by atoms with Crippen LogP contribution in [0, 0.1) is 0 Å². The van der Waals surface area contributed by atoms with Gasteiger partial charge in [0.05, 0.1) is 0 Å². The Hall–Kier alpha value is -1.03. The fourth-order valence-electron chi connectivity index (χ4n) is 2.06. The van der Waals surface area contributed by atoms with E-state index in [4.69, 9.17) is 0 Å². The van der Waals surface area contributed by atoms with Crippen LogP contribution in [0.3, 0.4) is 0 Å². The van der Waals surface area contributed by atoms with Crippen LogP contribution >= 0.6 is 0 Å². The van der Waals surface area contributed by atoms with E-state index >= 15 is 0 Å². The maximum atomic E-state index is 11.1. The quantitative estimate of drug-likeness (QED) is 0.717. The molecule has 0 aromatic carbocycles. The van der Waals surface area contributed by atoms with Crippen molar-refractivity contribution < 1.29 is 0 Å². The molecule has 1 unspecified atom stereocenters. The van der Waals surface area contributed by atoms with Crippen LogP contribution in [0.2, 0.25) is 0 Å². The first-order valence-corrected chi connectivity index (χ1v) is 5.24. The number of hydrogen-bond acceptors (Lipinski definition) is 2. The molecule has 78 valence electrons. The van der Waals surface area contributed by atoms with Crippen molar-refractivity contribution in [2.45, 2.75) is 31.7 Å². The minimum absolute atomic E-state index is 0.00157. The lowest BCUT2D eigenvalue weighted by Gasteiger charge is -2.23. The van der Waals surface area contributed by atoms with Gasteiger partial charge in [-0.15, -0.1) is 0 Å². The zero-order chi connectivity index (χ0) is 9.97. The summed E-state index contributed by atoms with van der Waals surface area (Å²) in [6.45, 7) is 1.11. The largest absolute Gasteiger partial charge is 0.314 e. The van der Waals surface area contributed by atoms with Gasteiger partial charge in [-0.05, 0) is 19.4 Å². The van der Waals surface area contributed by atoms with Crippen molar-refractivity contribution in [3.8, 4) is 0 Å². The topological polar surface area (TPSA) is 49.8 Å². The highest BCUT2D eigenvalue weighted by molar-refractivity contribution is 5.03. The maximum absolute atomic E-state index is 11.1. The van der Waals surface area contributed by atoms with Crippen LogP contribution in [0.15, 0.2) is 10.9 Å². The highest BCUT2D eigenvalue weighted by Gasteiger charge is 2.14. The summed E-state index contributed by atoms with van der Waals surface area (Å²) in [5.74, 6) is 0. The van der Waals surface area contributed by atoms with Gasteiger partial charge in [-0.2, -0.15) is 0 Å². The van der Waals surface area contributed by atoms with E-state index in [0.717, 1.165) is 18.7 Å². The molecular formula is C10H17N3O. The highest BCUT2D eigenvalue weighted by atomic mass is 16.1. The van der Waals surface area contributed by atoms with E-state index in [1.165, 1.54) is 19.3 Å². The normalized spacial score (nSPS) is 22.5. The van der Waals surface area contributed by atoms with Gasteiger partial charge in [-0.3, -0.25) is 14.6 Å². The molecule has 0 bridgehead atoms. The third-order valence-electron chi connectivity index (χ3n) is 2.87. The van der Waals surface area contributed by atoms with Gasteiger partial charge in [0.1, 0.15) is 0 Å². The molecule has 0 spiro atoms. The fraction of sp³-hybridized carbons (Fsp3) is 0.700. The molecule has 2 heterocycles. The van der Waals surface area contributed by atoms with E-state index in [1.807, 2.05) is 11.7 Å². The molecule has 2 N–H and O–H groups in total. The molecule has 2 rings (SSSR count). The number of aromatic amines is 1. The van der Waals surface area contributed by atoms with Crippen molar-refractivity contribution in [2.24, 2.45) is 7.05 Å². The Morgan fingerprint density at radius 1 is 1.57 bits per heavy atom. The Balaban J connectivity index is 2.02. The van der Waals surface area contributed by atoms with Crippen molar-refractivity contribution in [2.75, 3.05) is 6.54 Å². The summed E-state index contributed by atoms with van der Waals surface area (Å²) in [6.07, 6.45) is 4.76. The second kappa shape index (κ2) is 4.00. The minimum atomic E-state index is -0.00157. The van der Waals surface area contributed by atoms with Crippen LogP contribution in [0.25, 0.3) is 0 Å². The molecular weight excluding hydrogens is 178 g/mol. The first-order valence-electron chi connectivity index (χ1n) is 5.24. The van der Waals surface area contributed by atoms with Crippen LogP contribution < -0.4 is 10.9 Å². The Morgan fingerprint density at radius 3 is 3.00 bits per heavy atom. The molecule has 1 aromatic heterocycles. The van der Waals surface area contributed by atoms with E-state index in [0.29, 0.717) is 6.04 Å². The van der Waals surface area contributed by atoms with Crippen molar-refractivity contribution in [3.05, 3.63) is 22.1 Å². The van der Waals surface area contributed by atoms with E-state index in [1.54, 1.807) is 6.07 Å². The lowest BCUT2D eigenvalue weighted by molar-refractivity contribution is 0.393. The molecule has 4 heteroatoms. The number of aryl methyl sites for hydroxylation is 1. The predicted octanol–water partition coefficient (Wildman–Crippen LogP) is 0.398. The molecule has 0 aliphatic carbocycles. The van der Waals surface area contributed by atoms with Gasteiger partial charge in [-0.1, -0.05) is 6.42 Å². The molecule has 0 amide bonds. The molecule has 0 saturated carbocycles. The van der Waals surface area contributed by atoms with Gasteiger partial charge < -0.3 is 5.32 Å². The molecule has 0 radical (unpaired) electrons. The Morgan fingerprint density at radius 2 is 2.43 bits per heavy atom.